The first-order valence-corrected chi connectivity index (χ1v) is 7.04. The molecule has 0 radical (unpaired) electrons. The fourth-order valence-corrected chi connectivity index (χ4v) is 2.15. The van der Waals surface area contributed by atoms with Gasteiger partial charge in [-0.3, -0.25) is 5.43 Å². The molecule has 2 aromatic carbocycles. The maximum Gasteiger partial charge on any atom is 0.422 e. The number of benzene rings is 2. The maximum atomic E-state index is 13.6. The van der Waals surface area contributed by atoms with Crippen molar-refractivity contribution in [1.29, 1.82) is 0 Å². The van der Waals surface area contributed by atoms with Gasteiger partial charge in [0.15, 0.2) is 23.3 Å². The van der Waals surface area contributed by atoms with Gasteiger partial charge in [0.25, 0.3) is 0 Å². The molecule has 0 aromatic heterocycles. The van der Waals surface area contributed by atoms with Crippen molar-refractivity contribution >= 4 is 27.8 Å². The van der Waals surface area contributed by atoms with Crippen molar-refractivity contribution in [2.75, 3.05) is 5.43 Å². The molecule has 134 valence electrons. The van der Waals surface area contributed by atoms with Gasteiger partial charge >= 0.3 is 6.18 Å². The van der Waals surface area contributed by atoms with Crippen LogP contribution in [0.2, 0.25) is 0 Å². The lowest BCUT2D eigenvalue weighted by Crippen LogP contribution is -2.16. The van der Waals surface area contributed by atoms with E-state index in [-0.39, 0.29) is 11.3 Å². The molecular weight excluding hydrogens is 425 g/mol. The first-order valence-electron chi connectivity index (χ1n) is 6.24. The van der Waals surface area contributed by atoms with Crippen molar-refractivity contribution in [3.63, 3.8) is 0 Å². The Morgan fingerprint density at radius 2 is 1.56 bits per heavy atom. The predicted molar refractivity (Wildman–Crippen MR) is 78.3 cm³/mol. The molecule has 0 saturated carbocycles. The third-order valence-electron chi connectivity index (χ3n) is 2.92. The highest BCUT2D eigenvalue weighted by atomic mass is 79.9. The van der Waals surface area contributed by atoms with E-state index < -0.39 is 40.7 Å². The number of nitrogens with one attached hydrogen (secondary N) is 1. The van der Waals surface area contributed by atoms with E-state index in [1.54, 1.807) is 5.43 Å². The molecule has 2 N–H and O–H groups in total. The molecule has 2 aromatic rings. The number of phenolic OH excluding ortho intramolecular Hbond substituents is 1. The van der Waals surface area contributed by atoms with Gasteiger partial charge in [-0.15, -0.1) is 0 Å². The van der Waals surface area contributed by atoms with E-state index in [4.69, 9.17) is 0 Å². The number of anilines is 1. The van der Waals surface area contributed by atoms with Crippen molar-refractivity contribution in [1.82, 2.24) is 0 Å². The van der Waals surface area contributed by atoms with Gasteiger partial charge < -0.3 is 5.11 Å². The summed E-state index contributed by atoms with van der Waals surface area (Å²) in [5, 5.41) is 12.8. The Morgan fingerprint density at radius 1 is 1.00 bits per heavy atom. The highest BCUT2D eigenvalue weighted by molar-refractivity contribution is 9.10. The first-order chi connectivity index (χ1) is 11.5. The minimum absolute atomic E-state index is 0.0514. The number of hydrogen-bond donors (Lipinski definition) is 2. The first kappa shape index (κ1) is 19.0. The Kier molecular flexibility index (Phi) is 5.26. The number of rotatable bonds is 3. The molecule has 11 heteroatoms. The number of aromatic hydroxyl groups is 1. The molecule has 0 aliphatic rings. The van der Waals surface area contributed by atoms with Gasteiger partial charge in [0, 0.05) is 10.0 Å². The SMILES string of the molecule is Oc1ccc(Br)cc1/C=N\Nc1c(F)c(F)c(C(F)(F)F)c(F)c1F. The van der Waals surface area contributed by atoms with E-state index in [0.717, 1.165) is 6.21 Å². The zero-order valence-electron chi connectivity index (χ0n) is 11.7. The second kappa shape index (κ2) is 6.90. The van der Waals surface area contributed by atoms with Gasteiger partial charge in [0.2, 0.25) is 0 Å². The van der Waals surface area contributed by atoms with Gasteiger partial charge in [-0.2, -0.15) is 18.3 Å². The summed E-state index contributed by atoms with van der Waals surface area (Å²) in [6.45, 7) is 0. The molecule has 0 aliphatic heterocycles. The number of hydrazone groups is 1. The minimum Gasteiger partial charge on any atom is -0.507 e. The number of nitrogens with zero attached hydrogens (tertiary/aromatic N) is 1. The summed E-state index contributed by atoms with van der Waals surface area (Å²) in [4.78, 5) is 0. The molecule has 3 nitrogen and oxygen atoms in total. The van der Waals surface area contributed by atoms with E-state index in [9.17, 15) is 35.8 Å². The van der Waals surface area contributed by atoms with Crippen molar-refractivity contribution in [3.8, 4) is 5.75 Å². The highest BCUT2D eigenvalue weighted by Gasteiger charge is 2.42. The maximum absolute atomic E-state index is 13.6. The predicted octanol–water partition coefficient (Wildman–Crippen LogP) is 5.18. The van der Waals surface area contributed by atoms with E-state index in [1.807, 2.05) is 0 Å². The molecule has 0 atom stereocenters. The van der Waals surface area contributed by atoms with Crippen molar-refractivity contribution in [2.24, 2.45) is 5.10 Å². The molecule has 2 rings (SSSR count). The number of phenols is 1. The summed E-state index contributed by atoms with van der Waals surface area (Å²) in [7, 11) is 0. The van der Waals surface area contributed by atoms with Gasteiger partial charge in [-0.1, -0.05) is 15.9 Å². The molecule has 0 fully saturated rings. The highest BCUT2D eigenvalue weighted by Crippen LogP contribution is 2.38. The molecule has 0 saturated heterocycles. The summed E-state index contributed by atoms with van der Waals surface area (Å²) < 4.78 is 92.0. The fourth-order valence-electron chi connectivity index (χ4n) is 1.77. The van der Waals surface area contributed by atoms with Crippen LogP contribution < -0.4 is 5.43 Å². The number of hydrogen-bond acceptors (Lipinski definition) is 3. The lowest BCUT2D eigenvalue weighted by molar-refractivity contribution is -0.143. The molecular formula is C14H6BrF7N2O. The van der Waals surface area contributed by atoms with E-state index >= 15 is 0 Å². The van der Waals surface area contributed by atoms with Crippen molar-refractivity contribution < 1.29 is 35.8 Å². The van der Waals surface area contributed by atoms with Gasteiger partial charge in [-0.05, 0) is 18.2 Å². The van der Waals surface area contributed by atoms with Crippen LogP contribution in [0.15, 0.2) is 27.8 Å². The third kappa shape index (κ3) is 3.86. The summed E-state index contributed by atoms with van der Waals surface area (Å²) >= 11 is 3.08. The summed E-state index contributed by atoms with van der Waals surface area (Å²) in [5.74, 6) is -10.1. The van der Waals surface area contributed by atoms with Crippen LogP contribution in [-0.2, 0) is 6.18 Å². The van der Waals surface area contributed by atoms with Crippen molar-refractivity contribution in [3.05, 3.63) is 57.1 Å². The second-order valence-electron chi connectivity index (χ2n) is 4.58. The summed E-state index contributed by atoms with van der Waals surface area (Å²) in [6, 6.07) is 4.07. The Labute approximate surface area is 143 Å². The van der Waals surface area contributed by atoms with Crippen LogP contribution in [0.3, 0.4) is 0 Å². The largest absolute Gasteiger partial charge is 0.507 e. The monoisotopic (exact) mass is 430 g/mol. The fraction of sp³-hybridized carbons (Fsp3) is 0.0714. The van der Waals surface area contributed by atoms with Gasteiger partial charge in [0.1, 0.15) is 17.0 Å². The quantitative estimate of drug-likeness (QED) is 0.305. The normalized spacial score (nSPS) is 12.0. The molecule has 0 heterocycles. The van der Waals surface area contributed by atoms with E-state index in [2.05, 4.69) is 21.0 Å². The van der Waals surface area contributed by atoms with Crippen LogP contribution in [0.5, 0.6) is 5.75 Å². The van der Waals surface area contributed by atoms with Gasteiger partial charge in [-0.25, -0.2) is 17.6 Å². The lowest BCUT2D eigenvalue weighted by atomic mass is 10.1. The van der Waals surface area contributed by atoms with Crippen LogP contribution in [0, 0.1) is 23.3 Å². The smallest absolute Gasteiger partial charge is 0.422 e. The number of halogens is 8. The van der Waals surface area contributed by atoms with Crippen LogP contribution in [0.1, 0.15) is 11.1 Å². The third-order valence-corrected chi connectivity index (χ3v) is 3.41. The van der Waals surface area contributed by atoms with Crippen LogP contribution >= 0.6 is 15.9 Å². The average Bonchev–Trinajstić information content (AvgIpc) is 2.51. The second-order valence-corrected chi connectivity index (χ2v) is 5.49. The number of alkyl halides is 3. The van der Waals surface area contributed by atoms with Crippen LogP contribution in [0.4, 0.5) is 36.4 Å². The minimum atomic E-state index is -5.63. The molecule has 0 bridgehead atoms. The summed E-state index contributed by atoms with van der Waals surface area (Å²) in [6.07, 6.45) is -4.79. The average molecular weight is 431 g/mol. The zero-order valence-corrected chi connectivity index (χ0v) is 13.3. The topological polar surface area (TPSA) is 44.6 Å². The van der Waals surface area contributed by atoms with Gasteiger partial charge in [0.05, 0.1) is 6.21 Å². The molecule has 25 heavy (non-hydrogen) atoms. The Hall–Kier alpha value is -2.30. The Balaban J connectivity index is 2.41. The van der Waals surface area contributed by atoms with E-state index in [0.29, 0.717) is 4.47 Å². The molecule has 0 spiro atoms. The Bertz CT molecular complexity index is 823. The standard InChI is InChI=1S/C14H6BrF7N2O/c15-6-1-2-7(25)5(3-6)4-23-24-13-11(18)9(16)8(14(20,21)22)10(17)12(13)19/h1-4,24-25H/b23-4-. The van der Waals surface area contributed by atoms with E-state index in [1.165, 1.54) is 18.2 Å². The molecule has 0 aliphatic carbocycles. The Morgan fingerprint density at radius 3 is 2.08 bits per heavy atom. The van der Waals surface area contributed by atoms with Crippen LogP contribution in [-0.4, -0.2) is 11.3 Å². The van der Waals surface area contributed by atoms with Crippen molar-refractivity contribution in [2.45, 2.75) is 6.18 Å². The zero-order chi connectivity index (χ0) is 18.9. The molecule has 0 unspecified atom stereocenters. The lowest BCUT2D eigenvalue weighted by Gasteiger charge is -2.13. The van der Waals surface area contributed by atoms with Crippen LogP contribution in [0.25, 0.3) is 0 Å². The summed E-state index contributed by atoms with van der Waals surface area (Å²) in [5.41, 5.74) is -2.59. The molecule has 0 amide bonds.